The van der Waals surface area contributed by atoms with Gasteiger partial charge >= 0.3 is 0 Å². The number of benzene rings is 1. The summed E-state index contributed by atoms with van der Waals surface area (Å²) in [5, 5.41) is 30.5. The molecule has 0 aromatic heterocycles. The van der Waals surface area contributed by atoms with Gasteiger partial charge in [0.1, 0.15) is 5.75 Å². The molecule has 0 radical (unpaired) electrons. The predicted octanol–water partition coefficient (Wildman–Crippen LogP) is -0.232. The fourth-order valence-corrected chi connectivity index (χ4v) is 1.74. The molecule has 1 aromatic carbocycles. The fourth-order valence-electron chi connectivity index (χ4n) is 1.74. The molecule has 0 atom stereocenters. The molecule has 0 saturated heterocycles. The highest BCUT2D eigenvalue weighted by Crippen LogP contribution is 2.14. The highest BCUT2D eigenvalue weighted by molar-refractivity contribution is 5.31. The summed E-state index contributed by atoms with van der Waals surface area (Å²) >= 11 is 0. The number of aromatic hydroxyl groups is 1. The Hall–Kier alpha value is -1.14. The van der Waals surface area contributed by atoms with Crippen molar-refractivity contribution >= 4 is 0 Å². The Labute approximate surface area is 108 Å². The average Bonchev–Trinajstić information content (AvgIpc) is 2.37. The molecule has 0 aliphatic carbocycles. The Morgan fingerprint density at radius 3 is 2.28 bits per heavy atom. The molecule has 0 amide bonds. The molecule has 102 valence electrons. The standard InChI is InChI=1S/C13H22N2O3/c16-9-7-15(8-10-17)6-5-14-11-12-3-1-2-4-13(12)18/h1-4,14,16-18H,5-11H2. The molecule has 0 aliphatic rings. The minimum absolute atomic E-state index is 0.0967. The number of phenols is 1. The Bertz CT molecular complexity index is 328. The second-order valence-corrected chi connectivity index (χ2v) is 4.09. The summed E-state index contributed by atoms with van der Waals surface area (Å²) in [6.45, 7) is 3.44. The first-order valence-corrected chi connectivity index (χ1v) is 6.19. The molecule has 0 heterocycles. The third kappa shape index (κ3) is 5.46. The van der Waals surface area contributed by atoms with Gasteiger partial charge in [-0.25, -0.2) is 0 Å². The second kappa shape index (κ2) is 8.88. The maximum atomic E-state index is 9.57. The summed E-state index contributed by atoms with van der Waals surface area (Å²) in [6, 6.07) is 7.23. The van der Waals surface area contributed by atoms with Crippen LogP contribution < -0.4 is 5.32 Å². The third-order valence-corrected chi connectivity index (χ3v) is 2.74. The number of para-hydroxylation sites is 1. The molecule has 5 nitrogen and oxygen atoms in total. The van der Waals surface area contributed by atoms with Crippen molar-refractivity contribution in [1.29, 1.82) is 0 Å². The lowest BCUT2D eigenvalue weighted by molar-refractivity contribution is 0.161. The van der Waals surface area contributed by atoms with Gasteiger partial charge in [-0.3, -0.25) is 4.90 Å². The number of phenolic OH excluding ortho intramolecular Hbond substituents is 1. The van der Waals surface area contributed by atoms with Crippen LogP contribution in [0.25, 0.3) is 0 Å². The van der Waals surface area contributed by atoms with Crippen molar-refractivity contribution in [2.75, 3.05) is 39.4 Å². The molecule has 0 aliphatic heterocycles. The molecule has 5 heteroatoms. The van der Waals surface area contributed by atoms with Crippen molar-refractivity contribution in [2.24, 2.45) is 0 Å². The lowest BCUT2D eigenvalue weighted by atomic mass is 10.2. The molecule has 1 aromatic rings. The van der Waals surface area contributed by atoms with Gasteiger partial charge in [0.2, 0.25) is 0 Å². The fraction of sp³-hybridized carbons (Fsp3) is 0.538. The van der Waals surface area contributed by atoms with Crippen LogP contribution in [-0.4, -0.2) is 59.6 Å². The van der Waals surface area contributed by atoms with E-state index < -0.39 is 0 Å². The number of nitrogens with one attached hydrogen (secondary N) is 1. The van der Waals surface area contributed by atoms with Crippen molar-refractivity contribution in [3.05, 3.63) is 29.8 Å². The van der Waals surface area contributed by atoms with E-state index in [-0.39, 0.29) is 13.2 Å². The van der Waals surface area contributed by atoms with Gasteiger partial charge in [0.25, 0.3) is 0 Å². The molecule has 18 heavy (non-hydrogen) atoms. The van der Waals surface area contributed by atoms with Crippen LogP contribution in [0.15, 0.2) is 24.3 Å². The van der Waals surface area contributed by atoms with Crippen LogP contribution >= 0.6 is 0 Å². The minimum Gasteiger partial charge on any atom is -0.508 e. The first kappa shape index (κ1) is 14.9. The van der Waals surface area contributed by atoms with Gasteiger partial charge in [0.15, 0.2) is 0 Å². The van der Waals surface area contributed by atoms with Crippen molar-refractivity contribution in [2.45, 2.75) is 6.54 Å². The molecule has 0 saturated carbocycles. The van der Waals surface area contributed by atoms with E-state index in [1.54, 1.807) is 12.1 Å². The van der Waals surface area contributed by atoms with Crippen LogP contribution in [0.3, 0.4) is 0 Å². The Morgan fingerprint density at radius 2 is 1.67 bits per heavy atom. The van der Waals surface area contributed by atoms with Crippen molar-refractivity contribution in [3.8, 4) is 5.75 Å². The van der Waals surface area contributed by atoms with Crippen molar-refractivity contribution < 1.29 is 15.3 Å². The topological polar surface area (TPSA) is 76.0 Å². The van der Waals surface area contributed by atoms with Gasteiger partial charge in [-0.05, 0) is 6.07 Å². The zero-order valence-electron chi connectivity index (χ0n) is 10.5. The minimum atomic E-state index is 0.0967. The van der Waals surface area contributed by atoms with Crippen molar-refractivity contribution in [3.63, 3.8) is 0 Å². The summed E-state index contributed by atoms with van der Waals surface area (Å²) in [6.07, 6.45) is 0. The first-order chi connectivity index (χ1) is 8.77. The number of hydrogen-bond donors (Lipinski definition) is 4. The summed E-state index contributed by atoms with van der Waals surface area (Å²) in [5.74, 6) is 0.299. The smallest absolute Gasteiger partial charge is 0.120 e. The van der Waals surface area contributed by atoms with E-state index in [1.807, 2.05) is 17.0 Å². The second-order valence-electron chi connectivity index (χ2n) is 4.09. The Kier molecular flexibility index (Phi) is 7.36. The normalized spacial score (nSPS) is 11.1. The van der Waals surface area contributed by atoms with E-state index in [1.165, 1.54) is 0 Å². The molecule has 0 fully saturated rings. The van der Waals surface area contributed by atoms with Gasteiger partial charge in [-0.1, -0.05) is 18.2 Å². The molecule has 0 unspecified atom stereocenters. The lowest BCUT2D eigenvalue weighted by Gasteiger charge is -2.20. The van der Waals surface area contributed by atoms with Gasteiger partial charge in [-0.15, -0.1) is 0 Å². The number of aliphatic hydroxyl groups excluding tert-OH is 2. The summed E-state index contributed by atoms with van der Waals surface area (Å²) in [7, 11) is 0. The lowest BCUT2D eigenvalue weighted by Crippen LogP contribution is -2.35. The Morgan fingerprint density at radius 1 is 1.00 bits per heavy atom. The largest absolute Gasteiger partial charge is 0.508 e. The number of aliphatic hydroxyl groups is 2. The van der Waals surface area contributed by atoms with Crippen LogP contribution in [0.4, 0.5) is 0 Å². The van der Waals surface area contributed by atoms with E-state index in [0.717, 1.165) is 18.7 Å². The highest BCUT2D eigenvalue weighted by Gasteiger charge is 2.03. The van der Waals surface area contributed by atoms with E-state index in [0.29, 0.717) is 25.4 Å². The van der Waals surface area contributed by atoms with E-state index in [2.05, 4.69) is 5.32 Å². The molecule has 0 bridgehead atoms. The van der Waals surface area contributed by atoms with E-state index in [4.69, 9.17) is 10.2 Å². The Balaban J connectivity index is 2.23. The van der Waals surface area contributed by atoms with E-state index in [9.17, 15) is 5.11 Å². The van der Waals surface area contributed by atoms with Gasteiger partial charge < -0.3 is 20.6 Å². The maximum absolute atomic E-state index is 9.57. The zero-order valence-corrected chi connectivity index (χ0v) is 10.5. The summed E-state index contributed by atoms with van der Waals surface area (Å²) in [4.78, 5) is 1.98. The first-order valence-electron chi connectivity index (χ1n) is 6.19. The number of hydrogen-bond acceptors (Lipinski definition) is 5. The molecule has 4 N–H and O–H groups in total. The average molecular weight is 254 g/mol. The summed E-state index contributed by atoms with van der Waals surface area (Å²) in [5.41, 5.74) is 0.869. The van der Waals surface area contributed by atoms with Gasteiger partial charge in [-0.2, -0.15) is 0 Å². The highest BCUT2D eigenvalue weighted by atomic mass is 16.3. The van der Waals surface area contributed by atoms with Crippen molar-refractivity contribution in [1.82, 2.24) is 10.2 Å². The predicted molar refractivity (Wildman–Crippen MR) is 70.4 cm³/mol. The molecule has 0 spiro atoms. The van der Waals surface area contributed by atoms with Gasteiger partial charge in [0, 0.05) is 38.3 Å². The molecule has 1 rings (SSSR count). The molecular weight excluding hydrogens is 232 g/mol. The van der Waals surface area contributed by atoms with Gasteiger partial charge in [0.05, 0.1) is 13.2 Å². The monoisotopic (exact) mass is 254 g/mol. The van der Waals surface area contributed by atoms with E-state index >= 15 is 0 Å². The molecular formula is C13H22N2O3. The third-order valence-electron chi connectivity index (χ3n) is 2.74. The van der Waals surface area contributed by atoms with Crippen LogP contribution in [0.1, 0.15) is 5.56 Å². The zero-order chi connectivity index (χ0) is 13.2. The van der Waals surface area contributed by atoms with Crippen LogP contribution in [0, 0.1) is 0 Å². The number of rotatable bonds is 9. The van der Waals surface area contributed by atoms with Crippen LogP contribution in [0.5, 0.6) is 5.75 Å². The maximum Gasteiger partial charge on any atom is 0.120 e. The SMILES string of the molecule is OCCN(CCO)CCNCc1ccccc1O. The van der Waals surface area contributed by atoms with Crippen LogP contribution in [-0.2, 0) is 6.54 Å². The summed E-state index contributed by atoms with van der Waals surface area (Å²) < 4.78 is 0. The number of nitrogens with zero attached hydrogens (tertiary/aromatic N) is 1. The van der Waals surface area contributed by atoms with Crippen LogP contribution in [0.2, 0.25) is 0 Å². The quantitative estimate of drug-likeness (QED) is 0.458.